The van der Waals surface area contributed by atoms with Gasteiger partial charge in [0.15, 0.2) is 0 Å². The van der Waals surface area contributed by atoms with Gasteiger partial charge in [-0.25, -0.2) is 4.79 Å². The average molecular weight is 217 g/mol. The van der Waals surface area contributed by atoms with E-state index in [-0.39, 0.29) is 12.1 Å². The van der Waals surface area contributed by atoms with Crippen LogP contribution in [0.5, 0.6) is 0 Å². The van der Waals surface area contributed by atoms with Crippen LogP contribution in [0.15, 0.2) is 24.3 Å². The molecule has 0 aliphatic carbocycles. The highest BCUT2D eigenvalue weighted by atomic mass is 16.2. The van der Waals surface area contributed by atoms with E-state index in [0.29, 0.717) is 11.3 Å². The lowest BCUT2D eigenvalue weighted by Crippen LogP contribution is -2.35. The SMILES string of the molecule is CCC(C)NC(=O)Nc1cccc(C#N)c1. The van der Waals surface area contributed by atoms with Gasteiger partial charge >= 0.3 is 6.03 Å². The molecule has 0 fully saturated rings. The van der Waals surface area contributed by atoms with Crippen molar-refractivity contribution in [3.8, 4) is 6.07 Å². The van der Waals surface area contributed by atoms with Crippen LogP contribution < -0.4 is 10.6 Å². The molecule has 0 heterocycles. The molecule has 2 amide bonds. The number of nitriles is 1. The molecule has 0 saturated heterocycles. The monoisotopic (exact) mass is 217 g/mol. The summed E-state index contributed by atoms with van der Waals surface area (Å²) in [5, 5.41) is 14.2. The third kappa shape index (κ3) is 3.62. The number of amides is 2. The number of carbonyl (C=O) groups is 1. The van der Waals surface area contributed by atoms with E-state index < -0.39 is 0 Å². The molecule has 4 heteroatoms. The minimum absolute atomic E-state index is 0.138. The molecule has 1 atom stereocenters. The molecule has 2 N–H and O–H groups in total. The van der Waals surface area contributed by atoms with E-state index in [1.54, 1.807) is 24.3 Å². The Kier molecular flexibility index (Phi) is 4.34. The quantitative estimate of drug-likeness (QED) is 0.816. The van der Waals surface area contributed by atoms with Gasteiger partial charge in [-0.05, 0) is 31.5 Å². The zero-order valence-electron chi connectivity index (χ0n) is 9.45. The largest absolute Gasteiger partial charge is 0.335 e. The predicted molar refractivity (Wildman–Crippen MR) is 63.1 cm³/mol. The van der Waals surface area contributed by atoms with Crippen molar-refractivity contribution < 1.29 is 4.79 Å². The van der Waals surface area contributed by atoms with Gasteiger partial charge in [-0.3, -0.25) is 0 Å². The van der Waals surface area contributed by atoms with E-state index in [1.165, 1.54) is 0 Å². The Bertz CT molecular complexity index is 409. The zero-order valence-corrected chi connectivity index (χ0v) is 9.45. The van der Waals surface area contributed by atoms with Crippen molar-refractivity contribution in [2.45, 2.75) is 26.3 Å². The molecule has 1 aromatic carbocycles. The molecular weight excluding hydrogens is 202 g/mol. The van der Waals surface area contributed by atoms with Gasteiger partial charge in [0.05, 0.1) is 11.6 Å². The fraction of sp³-hybridized carbons (Fsp3) is 0.333. The van der Waals surface area contributed by atoms with Gasteiger partial charge in [0.25, 0.3) is 0 Å². The minimum Gasteiger partial charge on any atom is -0.335 e. The van der Waals surface area contributed by atoms with Crippen LogP contribution >= 0.6 is 0 Å². The number of carbonyl (C=O) groups excluding carboxylic acids is 1. The van der Waals surface area contributed by atoms with E-state index >= 15 is 0 Å². The number of urea groups is 1. The van der Waals surface area contributed by atoms with Gasteiger partial charge in [0.2, 0.25) is 0 Å². The van der Waals surface area contributed by atoms with Crippen LogP contribution in [0.25, 0.3) is 0 Å². The Morgan fingerprint density at radius 3 is 2.94 bits per heavy atom. The number of benzene rings is 1. The third-order valence-electron chi connectivity index (χ3n) is 2.24. The van der Waals surface area contributed by atoms with Crippen LogP contribution in [0.3, 0.4) is 0 Å². The molecule has 84 valence electrons. The Morgan fingerprint density at radius 1 is 1.56 bits per heavy atom. The van der Waals surface area contributed by atoms with Crippen molar-refractivity contribution in [3.63, 3.8) is 0 Å². The van der Waals surface area contributed by atoms with Crippen molar-refractivity contribution in [1.82, 2.24) is 5.32 Å². The van der Waals surface area contributed by atoms with Gasteiger partial charge < -0.3 is 10.6 Å². The molecule has 0 aliphatic rings. The predicted octanol–water partition coefficient (Wildman–Crippen LogP) is 2.48. The first-order valence-electron chi connectivity index (χ1n) is 5.23. The van der Waals surface area contributed by atoms with Crippen LogP contribution in [0.4, 0.5) is 10.5 Å². The number of hydrogen-bond donors (Lipinski definition) is 2. The number of nitrogens with one attached hydrogen (secondary N) is 2. The second-order valence-corrected chi connectivity index (χ2v) is 3.60. The molecule has 0 spiro atoms. The second kappa shape index (κ2) is 5.76. The van der Waals surface area contributed by atoms with Crippen molar-refractivity contribution in [3.05, 3.63) is 29.8 Å². The summed E-state index contributed by atoms with van der Waals surface area (Å²) in [4.78, 5) is 11.5. The molecule has 0 saturated carbocycles. The average Bonchev–Trinajstić information content (AvgIpc) is 2.28. The molecule has 1 rings (SSSR count). The van der Waals surface area contributed by atoms with Gasteiger partial charge in [0.1, 0.15) is 0 Å². The standard InChI is InChI=1S/C12H15N3O/c1-3-9(2)14-12(16)15-11-6-4-5-10(7-11)8-13/h4-7,9H,3H2,1-2H3,(H2,14,15,16). The summed E-state index contributed by atoms with van der Waals surface area (Å²) in [6.45, 7) is 3.94. The highest BCUT2D eigenvalue weighted by Gasteiger charge is 2.05. The van der Waals surface area contributed by atoms with E-state index in [1.807, 2.05) is 19.9 Å². The Morgan fingerprint density at radius 2 is 2.31 bits per heavy atom. The van der Waals surface area contributed by atoms with E-state index in [2.05, 4.69) is 10.6 Å². The molecule has 1 unspecified atom stereocenters. The number of hydrogen-bond acceptors (Lipinski definition) is 2. The lowest BCUT2D eigenvalue weighted by Gasteiger charge is -2.12. The summed E-state index contributed by atoms with van der Waals surface area (Å²) in [7, 11) is 0. The topological polar surface area (TPSA) is 64.9 Å². The van der Waals surface area contributed by atoms with Gasteiger partial charge in [-0.1, -0.05) is 13.0 Å². The van der Waals surface area contributed by atoms with Crippen LogP contribution in [0, 0.1) is 11.3 Å². The summed E-state index contributed by atoms with van der Waals surface area (Å²) in [6, 6.07) is 8.72. The molecule has 0 radical (unpaired) electrons. The molecule has 16 heavy (non-hydrogen) atoms. The number of anilines is 1. The van der Waals surface area contributed by atoms with Crippen LogP contribution in [0.2, 0.25) is 0 Å². The summed E-state index contributed by atoms with van der Waals surface area (Å²) in [6.07, 6.45) is 0.881. The van der Waals surface area contributed by atoms with Crippen molar-refractivity contribution in [2.24, 2.45) is 0 Å². The zero-order chi connectivity index (χ0) is 12.0. The first-order valence-corrected chi connectivity index (χ1v) is 5.23. The Balaban J connectivity index is 2.60. The first kappa shape index (κ1) is 12.1. The van der Waals surface area contributed by atoms with Crippen molar-refractivity contribution >= 4 is 11.7 Å². The minimum atomic E-state index is -0.246. The second-order valence-electron chi connectivity index (χ2n) is 3.60. The van der Waals surface area contributed by atoms with Gasteiger partial charge in [-0.2, -0.15) is 5.26 Å². The summed E-state index contributed by atoms with van der Waals surface area (Å²) in [5.74, 6) is 0. The summed E-state index contributed by atoms with van der Waals surface area (Å²) < 4.78 is 0. The molecule has 4 nitrogen and oxygen atoms in total. The van der Waals surface area contributed by atoms with Gasteiger partial charge in [-0.15, -0.1) is 0 Å². The number of rotatable bonds is 3. The molecular formula is C12H15N3O. The van der Waals surface area contributed by atoms with E-state index in [9.17, 15) is 4.79 Å². The highest BCUT2D eigenvalue weighted by Crippen LogP contribution is 2.09. The van der Waals surface area contributed by atoms with Gasteiger partial charge in [0, 0.05) is 11.7 Å². The first-order chi connectivity index (χ1) is 7.65. The molecule has 1 aromatic rings. The van der Waals surface area contributed by atoms with E-state index in [0.717, 1.165) is 6.42 Å². The van der Waals surface area contributed by atoms with Crippen molar-refractivity contribution in [1.29, 1.82) is 5.26 Å². The van der Waals surface area contributed by atoms with Crippen LogP contribution in [0.1, 0.15) is 25.8 Å². The van der Waals surface area contributed by atoms with Crippen LogP contribution in [-0.4, -0.2) is 12.1 Å². The maximum atomic E-state index is 11.5. The highest BCUT2D eigenvalue weighted by molar-refractivity contribution is 5.89. The maximum absolute atomic E-state index is 11.5. The van der Waals surface area contributed by atoms with Crippen LogP contribution in [-0.2, 0) is 0 Å². The summed E-state index contributed by atoms with van der Waals surface area (Å²) >= 11 is 0. The molecule has 0 bridgehead atoms. The Hall–Kier alpha value is -2.02. The Labute approximate surface area is 95.3 Å². The lowest BCUT2D eigenvalue weighted by atomic mass is 10.2. The summed E-state index contributed by atoms with van der Waals surface area (Å²) in [5.41, 5.74) is 1.15. The lowest BCUT2D eigenvalue weighted by molar-refractivity contribution is 0.249. The van der Waals surface area contributed by atoms with E-state index in [4.69, 9.17) is 5.26 Å². The third-order valence-corrected chi connectivity index (χ3v) is 2.24. The molecule has 0 aromatic heterocycles. The fourth-order valence-electron chi connectivity index (χ4n) is 1.16. The molecule has 0 aliphatic heterocycles. The normalized spacial score (nSPS) is 11.3. The van der Waals surface area contributed by atoms with Crippen molar-refractivity contribution in [2.75, 3.05) is 5.32 Å². The fourth-order valence-corrected chi connectivity index (χ4v) is 1.16. The number of nitrogens with zero attached hydrogens (tertiary/aromatic N) is 1. The maximum Gasteiger partial charge on any atom is 0.319 e. The smallest absolute Gasteiger partial charge is 0.319 e.